The van der Waals surface area contributed by atoms with E-state index >= 15 is 0 Å². The first-order valence-corrected chi connectivity index (χ1v) is 8.84. The number of aromatic nitrogens is 2. The minimum Gasteiger partial charge on any atom is -0.337 e. The molecule has 2 aromatic rings. The lowest BCUT2D eigenvalue weighted by Gasteiger charge is -2.18. The number of carbonyl (C=O) groups excluding carboxylic acids is 2. The summed E-state index contributed by atoms with van der Waals surface area (Å²) in [5.74, 6) is 1.98. The molecule has 2 fully saturated rings. The van der Waals surface area contributed by atoms with Crippen LogP contribution in [0.2, 0.25) is 0 Å². The number of thioether (sulfide) groups is 1. The third-order valence-electron chi connectivity index (χ3n) is 4.34. The number of hydrogen-bond acceptors (Lipinski definition) is 6. The van der Waals surface area contributed by atoms with Gasteiger partial charge < -0.3 is 9.84 Å². The smallest absolute Gasteiger partial charge is 0.325 e. The topological polar surface area (TPSA) is 88.3 Å². The molecule has 2 aliphatic rings. The van der Waals surface area contributed by atoms with Gasteiger partial charge in [0, 0.05) is 11.3 Å². The Bertz CT molecular complexity index is 796. The number of hydrogen-bond donors (Lipinski definition) is 1. The summed E-state index contributed by atoms with van der Waals surface area (Å²) >= 11 is 1.67. The quantitative estimate of drug-likeness (QED) is 0.857. The number of nitrogens with zero attached hydrogens (tertiary/aromatic N) is 3. The molecule has 0 radical (unpaired) electrons. The summed E-state index contributed by atoms with van der Waals surface area (Å²) < 4.78 is 5.22. The van der Waals surface area contributed by atoms with Gasteiger partial charge in [0.25, 0.3) is 5.91 Å². The van der Waals surface area contributed by atoms with Crippen LogP contribution in [0.15, 0.2) is 28.8 Å². The van der Waals surface area contributed by atoms with E-state index in [0.29, 0.717) is 18.0 Å². The molecule has 0 saturated carbocycles. The maximum Gasteiger partial charge on any atom is 0.325 e. The fraction of sp³-hybridized carbons (Fsp3) is 0.375. The van der Waals surface area contributed by atoms with E-state index in [1.165, 1.54) is 0 Å². The van der Waals surface area contributed by atoms with Crippen LogP contribution in [0.4, 0.5) is 4.79 Å². The van der Waals surface area contributed by atoms with Crippen LogP contribution in [0.5, 0.6) is 0 Å². The first-order valence-electron chi connectivity index (χ1n) is 7.69. The molecule has 24 heavy (non-hydrogen) atoms. The number of carbonyl (C=O) groups is 2. The molecule has 2 aliphatic heterocycles. The Hall–Kier alpha value is -2.35. The molecule has 0 unspecified atom stereocenters. The predicted molar refractivity (Wildman–Crippen MR) is 88.2 cm³/mol. The van der Waals surface area contributed by atoms with E-state index in [1.54, 1.807) is 11.8 Å². The molecule has 0 bridgehead atoms. The number of amides is 3. The van der Waals surface area contributed by atoms with Crippen LogP contribution in [0.1, 0.15) is 17.9 Å². The number of rotatable bonds is 3. The molecular formula is C16H16N4O3S. The Labute approximate surface area is 142 Å². The Kier molecular flexibility index (Phi) is 3.56. The molecule has 1 atom stereocenters. The van der Waals surface area contributed by atoms with Gasteiger partial charge in [-0.15, -0.1) is 0 Å². The van der Waals surface area contributed by atoms with E-state index in [4.69, 9.17) is 4.52 Å². The van der Waals surface area contributed by atoms with Crippen molar-refractivity contribution in [3.63, 3.8) is 0 Å². The first-order chi connectivity index (χ1) is 11.6. The van der Waals surface area contributed by atoms with Crippen molar-refractivity contribution in [1.82, 2.24) is 20.4 Å². The number of imide groups is 1. The zero-order valence-corrected chi connectivity index (χ0v) is 13.9. The largest absolute Gasteiger partial charge is 0.337 e. The molecule has 1 aromatic heterocycles. The molecule has 0 aliphatic carbocycles. The van der Waals surface area contributed by atoms with Crippen molar-refractivity contribution < 1.29 is 14.1 Å². The highest BCUT2D eigenvalue weighted by Gasteiger charge is 2.53. The third-order valence-corrected chi connectivity index (χ3v) is 5.53. The van der Waals surface area contributed by atoms with E-state index in [1.807, 2.05) is 31.2 Å². The summed E-state index contributed by atoms with van der Waals surface area (Å²) in [5.41, 5.74) is 1.22. The molecule has 7 nitrogen and oxygen atoms in total. The van der Waals surface area contributed by atoms with E-state index in [2.05, 4.69) is 15.5 Å². The highest BCUT2D eigenvalue weighted by Crippen LogP contribution is 2.34. The molecule has 1 N–H and O–H groups in total. The van der Waals surface area contributed by atoms with Crippen LogP contribution in [0.3, 0.4) is 0 Å². The second-order valence-electron chi connectivity index (χ2n) is 6.08. The highest BCUT2D eigenvalue weighted by molar-refractivity contribution is 7.99. The van der Waals surface area contributed by atoms with Crippen LogP contribution in [-0.4, -0.2) is 44.0 Å². The minimum absolute atomic E-state index is 0.00402. The Morgan fingerprint density at radius 2 is 2.12 bits per heavy atom. The maximum absolute atomic E-state index is 12.6. The summed E-state index contributed by atoms with van der Waals surface area (Å²) in [6, 6.07) is 7.34. The van der Waals surface area contributed by atoms with Crippen molar-refractivity contribution in [2.75, 3.05) is 11.5 Å². The van der Waals surface area contributed by atoms with Crippen molar-refractivity contribution >= 4 is 23.7 Å². The normalized spacial score (nSPS) is 23.3. The van der Waals surface area contributed by atoms with E-state index in [-0.39, 0.29) is 18.3 Å². The molecule has 3 amide bonds. The van der Waals surface area contributed by atoms with Crippen LogP contribution >= 0.6 is 11.8 Å². The van der Waals surface area contributed by atoms with Crippen LogP contribution < -0.4 is 5.32 Å². The van der Waals surface area contributed by atoms with Gasteiger partial charge in [-0.05, 0) is 19.1 Å². The van der Waals surface area contributed by atoms with Gasteiger partial charge in [-0.3, -0.25) is 9.69 Å². The van der Waals surface area contributed by atoms with E-state index in [0.717, 1.165) is 21.8 Å². The SMILES string of the molecule is Cc1ccc(-c2noc(CN3C(=O)N[C@]4(CCSC4)C3=O)n2)cc1. The molecule has 124 valence electrons. The zero-order chi connectivity index (χ0) is 16.7. The fourth-order valence-corrected chi connectivity index (χ4v) is 4.25. The number of aryl methyl sites for hydroxylation is 1. The standard InChI is InChI=1S/C16H16N4O3S/c1-10-2-4-11(5-3-10)13-17-12(23-19-13)8-20-14(21)16(18-15(20)22)6-7-24-9-16/h2-5H,6-9H2,1H3,(H,18,22)/t16-/m0/s1. The van der Waals surface area contributed by atoms with Crippen LogP contribution in [-0.2, 0) is 11.3 Å². The van der Waals surface area contributed by atoms with Gasteiger partial charge >= 0.3 is 6.03 Å². The lowest BCUT2D eigenvalue weighted by atomic mass is 9.99. The average Bonchev–Trinajstić information content (AvgIpc) is 3.27. The lowest BCUT2D eigenvalue weighted by Crippen LogP contribution is -2.46. The summed E-state index contributed by atoms with van der Waals surface area (Å²) in [7, 11) is 0. The Morgan fingerprint density at radius 3 is 2.83 bits per heavy atom. The monoisotopic (exact) mass is 344 g/mol. The molecule has 3 heterocycles. The predicted octanol–water partition coefficient (Wildman–Crippen LogP) is 1.97. The summed E-state index contributed by atoms with van der Waals surface area (Å²) in [5, 5.41) is 6.76. The molecular weight excluding hydrogens is 328 g/mol. The number of urea groups is 1. The molecule has 1 aromatic carbocycles. The van der Waals surface area contributed by atoms with Gasteiger partial charge in [0.05, 0.1) is 0 Å². The molecule has 1 spiro atoms. The van der Waals surface area contributed by atoms with Crippen LogP contribution in [0, 0.1) is 6.92 Å². The second-order valence-corrected chi connectivity index (χ2v) is 7.19. The van der Waals surface area contributed by atoms with E-state index < -0.39 is 11.6 Å². The fourth-order valence-electron chi connectivity index (χ4n) is 2.93. The van der Waals surface area contributed by atoms with Gasteiger partial charge in [0.15, 0.2) is 0 Å². The number of benzene rings is 1. The molecule has 2 saturated heterocycles. The molecule has 8 heteroatoms. The summed E-state index contributed by atoms with van der Waals surface area (Å²) in [4.78, 5) is 30.2. The summed E-state index contributed by atoms with van der Waals surface area (Å²) in [6.45, 7) is 2.00. The summed E-state index contributed by atoms with van der Waals surface area (Å²) in [6.07, 6.45) is 0.664. The van der Waals surface area contributed by atoms with Crippen molar-refractivity contribution in [3.8, 4) is 11.4 Å². The van der Waals surface area contributed by atoms with Crippen molar-refractivity contribution in [2.45, 2.75) is 25.4 Å². The highest BCUT2D eigenvalue weighted by atomic mass is 32.2. The molecule has 4 rings (SSSR count). The van der Waals surface area contributed by atoms with Gasteiger partial charge in [0.1, 0.15) is 12.1 Å². The van der Waals surface area contributed by atoms with Gasteiger partial charge in [-0.1, -0.05) is 35.0 Å². The Morgan fingerprint density at radius 1 is 1.33 bits per heavy atom. The second kappa shape index (κ2) is 5.62. The van der Waals surface area contributed by atoms with Crippen molar-refractivity contribution in [2.24, 2.45) is 0 Å². The third kappa shape index (κ3) is 2.47. The van der Waals surface area contributed by atoms with Crippen molar-refractivity contribution in [1.29, 1.82) is 0 Å². The van der Waals surface area contributed by atoms with Gasteiger partial charge in [-0.25, -0.2) is 4.79 Å². The lowest BCUT2D eigenvalue weighted by molar-refractivity contribution is -0.131. The first kappa shape index (κ1) is 15.2. The maximum atomic E-state index is 12.6. The Balaban J connectivity index is 1.53. The van der Waals surface area contributed by atoms with Crippen molar-refractivity contribution in [3.05, 3.63) is 35.7 Å². The minimum atomic E-state index is -0.748. The van der Waals surface area contributed by atoms with E-state index in [9.17, 15) is 9.59 Å². The van der Waals surface area contributed by atoms with Gasteiger partial charge in [0.2, 0.25) is 11.7 Å². The zero-order valence-electron chi connectivity index (χ0n) is 13.1. The number of nitrogens with one attached hydrogen (secondary N) is 1. The van der Waals surface area contributed by atoms with Gasteiger partial charge in [-0.2, -0.15) is 16.7 Å². The van der Waals surface area contributed by atoms with Crippen LogP contribution in [0.25, 0.3) is 11.4 Å². The average molecular weight is 344 g/mol.